The normalized spacial score (nSPS) is 18.3. The number of hydrogen-bond donors (Lipinski definition) is 1. The molecule has 2 heterocycles. The van der Waals surface area contributed by atoms with E-state index >= 15 is 0 Å². The van der Waals surface area contributed by atoms with Crippen LogP contribution in [-0.4, -0.2) is 37.7 Å². The van der Waals surface area contributed by atoms with Gasteiger partial charge in [0.15, 0.2) is 0 Å². The van der Waals surface area contributed by atoms with E-state index in [4.69, 9.17) is 4.74 Å². The van der Waals surface area contributed by atoms with E-state index in [1.54, 1.807) is 0 Å². The van der Waals surface area contributed by atoms with Crippen molar-refractivity contribution in [2.75, 3.05) is 32.8 Å². The Balaban J connectivity index is 0.00000132. The third-order valence-electron chi connectivity index (χ3n) is 4.77. The summed E-state index contributed by atoms with van der Waals surface area (Å²) < 4.78 is 5.65. The lowest BCUT2D eigenvalue weighted by Crippen LogP contribution is -2.45. The molecular formula is C18H30Cl2N2O. The van der Waals surface area contributed by atoms with E-state index in [1.807, 2.05) is 0 Å². The van der Waals surface area contributed by atoms with Crippen molar-refractivity contribution in [1.82, 2.24) is 10.2 Å². The lowest BCUT2D eigenvalue weighted by molar-refractivity contribution is 0.162. The van der Waals surface area contributed by atoms with Gasteiger partial charge in [-0.25, -0.2) is 0 Å². The summed E-state index contributed by atoms with van der Waals surface area (Å²) in [6.45, 7) is 7.73. The van der Waals surface area contributed by atoms with Crippen LogP contribution in [0.25, 0.3) is 0 Å². The fourth-order valence-corrected chi connectivity index (χ4v) is 3.56. The van der Waals surface area contributed by atoms with E-state index in [1.165, 1.54) is 49.9 Å². The van der Waals surface area contributed by atoms with Crippen LogP contribution in [0.1, 0.15) is 49.8 Å². The van der Waals surface area contributed by atoms with E-state index in [0.717, 1.165) is 31.9 Å². The molecule has 1 fully saturated rings. The van der Waals surface area contributed by atoms with Crippen molar-refractivity contribution >= 4 is 24.8 Å². The van der Waals surface area contributed by atoms with Crippen LogP contribution < -0.4 is 10.1 Å². The van der Waals surface area contributed by atoms with E-state index in [9.17, 15) is 0 Å². The second-order valence-corrected chi connectivity index (χ2v) is 6.26. The molecule has 1 atom stereocenters. The van der Waals surface area contributed by atoms with Gasteiger partial charge in [0.2, 0.25) is 0 Å². The molecule has 3 nitrogen and oxygen atoms in total. The monoisotopic (exact) mass is 360 g/mol. The number of rotatable bonds is 6. The van der Waals surface area contributed by atoms with Gasteiger partial charge in [-0.05, 0) is 23.6 Å². The number of unbranched alkanes of at least 4 members (excludes halogenated alkanes) is 2. The minimum absolute atomic E-state index is 0. The number of fused-ring (bicyclic) bond motifs is 1. The molecule has 0 saturated carbocycles. The Morgan fingerprint density at radius 3 is 2.70 bits per heavy atom. The Morgan fingerprint density at radius 2 is 1.96 bits per heavy atom. The predicted octanol–water partition coefficient (Wildman–Crippen LogP) is 3.99. The molecule has 0 aliphatic carbocycles. The van der Waals surface area contributed by atoms with Gasteiger partial charge in [-0.3, -0.25) is 4.90 Å². The van der Waals surface area contributed by atoms with Crippen LogP contribution >= 0.6 is 24.8 Å². The molecule has 2 aliphatic rings. The number of nitrogens with one attached hydrogen (secondary N) is 1. The molecular weight excluding hydrogens is 331 g/mol. The summed E-state index contributed by atoms with van der Waals surface area (Å²) in [5, 5.41) is 3.47. The van der Waals surface area contributed by atoms with Crippen LogP contribution in [0.15, 0.2) is 18.2 Å². The second kappa shape index (κ2) is 10.4. The predicted molar refractivity (Wildman–Crippen MR) is 101 cm³/mol. The average molecular weight is 361 g/mol. The minimum Gasteiger partial charge on any atom is -0.493 e. The van der Waals surface area contributed by atoms with Crippen molar-refractivity contribution in [2.24, 2.45) is 0 Å². The number of hydrogen-bond acceptors (Lipinski definition) is 3. The van der Waals surface area contributed by atoms with Crippen LogP contribution in [0.2, 0.25) is 0 Å². The fraction of sp³-hybridized carbons (Fsp3) is 0.667. The number of halogens is 2. The molecule has 1 aromatic rings. The summed E-state index contributed by atoms with van der Waals surface area (Å²) in [5.41, 5.74) is 2.90. The lowest BCUT2D eigenvalue weighted by Gasteiger charge is -2.35. The Hall–Kier alpha value is -0.480. The molecule has 0 aromatic heterocycles. The molecule has 0 radical (unpaired) electrons. The van der Waals surface area contributed by atoms with Gasteiger partial charge in [-0.15, -0.1) is 24.8 Å². The SMILES string of the molecule is CCCCC[C@H](c1ccc2c(c1)CCO2)N1CCNCC1.Cl.Cl. The summed E-state index contributed by atoms with van der Waals surface area (Å²) in [6, 6.07) is 7.47. The summed E-state index contributed by atoms with van der Waals surface area (Å²) in [4.78, 5) is 2.67. The van der Waals surface area contributed by atoms with E-state index < -0.39 is 0 Å². The Morgan fingerprint density at radius 1 is 1.17 bits per heavy atom. The molecule has 1 N–H and O–H groups in total. The van der Waals surface area contributed by atoms with E-state index in [-0.39, 0.29) is 24.8 Å². The van der Waals surface area contributed by atoms with Gasteiger partial charge in [0.25, 0.3) is 0 Å². The van der Waals surface area contributed by atoms with Crippen LogP contribution in [-0.2, 0) is 6.42 Å². The van der Waals surface area contributed by atoms with Crippen molar-refractivity contribution in [3.63, 3.8) is 0 Å². The molecule has 1 aromatic carbocycles. The third kappa shape index (κ3) is 5.25. The highest BCUT2D eigenvalue weighted by atomic mass is 35.5. The average Bonchev–Trinajstić information content (AvgIpc) is 3.00. The highest BCUT2D eigenvalue weighted by molar-refractivity contribution is 5.85. The van der Waals surface area contributed by atoms with Crippen molar-refractivity contribution in [3.05, 3.63) is 29.3 Å². The number of benzene rings is 1. The molecule has 5 heteroatoms. The minimum atomic E-state index is 0. The maximum absolute atomic E-state index is 5.65. The number of piperazine rings is 1. The summed E-state index contributed by atoms with van der Waals surface area (Å²) in [5.74, 6) is 1.10. The molecule has 0 spiro atoms. The van der Waals surface area contributed by atoms with Crippen molar-refractivity contribution < 1.29 is 4.74 Å². The van der Waals surface area contributed by atoms with Crippen molar-refractivity contribution in [3.8, 4) is 5.75 Å². The first-order chi connectivity index (χ1) is 10.4. The quantitative estimate of drug-likeness (QED) is 0.776. The van der Waals surface area contributed by atoms with Crippen molar-refractivity contribution in [1.29, 1.82) is 0 Å². The van der Waals surface area contributed by atoms with Gasteiger partial charge in [0.1, 0.15) is 5.75 Å². The van der Waals surface area contributed by atoms with Gasteiger partial charge in [-0.1, -0.05) is 38.3 Å². The molecule has 0 bridgehead atoms. The van der Waals surface area contributed by atoms with Crippen LogP contribution in [0.3, 0.4) is 0 Å². The summed E-state index contributed by atoms with van der Waals surface area (Å²) in [6.07, 6.45) is 6.33. The second-order valence-electron chi connectivity index (χ2n) is 6.26. The Kier molecular flexibility index (Phi) is 9.30. The Bertz CT molecular complexity index is 464. The van der Waals surface area contributed by atoms with Gasteiger partial charge in [0.05, 0.1) is 6.61 Å². The van der Waals surface area contributed by atoms with Crippen molar-refractivity contribution in [2.45, 2.75) is 45.1 Å². The van der Waals surface area contributed by atoms with Gasteiger partial charge in [0, 0.05) is 38.6 Å². The fourth-order valence-electron chi connectivity index (χ4n) is 3.56. The standard InChI is InChI=1S/C18H28N2O.2ClH/c1-2-3-4-5-17(20-11-9-19-10-12-20)15-6-7-18-16(14-15)8-13-21-18;;/h6-7,14,17,19H,2-5,8-13H2,1H3;2*1H/t17-;;/m1../s1. The largest absolute Gasteiger partial charge is 0.493 e. The molecule has 2 aliphatic heterocycles. The Labute approximate surface area is 153 Å². The smallest absolute Gasteiger partial charge is 0.122 e. The number of ether oxygens (including phenoxy) is 1. The zero-order chi connectivity index (χ0) is 14.5. The summed E-state index contributed by atoms with van der Waals surface area (Å²) >= 11 is 0. The van der Waals surface area contributed by atoms with Gasteiger partial charge >= 0.3 is 0 Å². The summed E-state index contributed by atoms with van der Waals surface area (Å²) in [7, 11) is 0. The zero-order valence-electron chi connectivity index (χ0n) is 14.1. The van der Waals surface area contributed by atoms with Crippen LogP contribution in [0.4, 0.5) is 0 Å². The van der Waals surface area contributed by atoms with E-state index in [0.29, 0.717) is 6.04 Å². The molecule has 1 saturated heterocycles. The lowest BCUT2D eigenvalue weighted by atomic mass is 9.96. The highest BCUT2D eigenvalue weighted by Crippen LogP contribution is 2.32. The van der Waals surface area contributed by atoms with Gasteiger partial charge < -0.3 is 10.1 Å². The molecule has 132 valence electrons. The first-order valence-corrected chi connectivity index (χ1v) is 8.59. The van der Waals surface area contributed by atoms with E-state index in [2.05, 4.69) is 35.3 Å². The maximum atomic E-state index is 5.65. The maximum Gasteiger partial charge on any atom is 0.122 e. The highest BCUT2D eigenvalue weighted by Gasteiger charge is 2.23. The molecule has 0 unspecified atom stereocenters. The molecule has 0 amide bonds. The van der Waals surface area contributed by atoms with Crippen LogP contribution in [0, 0.1) is 0 Å². The molecule has 3 rings (SSSR count). The third-order valence-corrected chi connectivity index (χ3v) is 4.77. The first kappa shape index (κ1) is 20.6. The van der Waals surface area contributed by atoms with Gasteiger partial charge in [-0.2, -0.15) is 0 Å². The topological polar surface area (TPSA) is 24.5 Å². The number of nitrogens with zero attached hydrogens (tertiary/aromatic N) is 1. The van der Waals surface area contributed by atoms with Crippen LogP contribution in [0.5, 0.6) is 5.75 Å². The first-order valence-electron chi connectivity index (χ1n) is 8.59. The molecule has 23 heavy (non-hydrogen) atoms. The zero-order valence-corrected chi connectivity index (χ0v) is 15.7.